The molecule has 0 aromatic carbocycles. The number of thiophene rings is 2. The van der Waals surface area contributed by atoms with Crippen molar-refractivity contribution >= 4 is 61.4 Å². The van der Waals surface area contributed by atoms with Crippen LogP contribution in [0, 0.1) is 11.8 Å². The van der Waals surface area contributed by atoms with Gasteiger partial charge in [0.2, 0.25) is 0 Å². The first-order chi connectivity index (χ1) is 18.1. The summed E-state index contributed by atoms with van der Waals surface area (Å²) in [7, 11) is 0. The summed E-state index contributed by atoms with van der Waals surface area (Å²) in [6.45, 7) is 9.48. The van der Waals surface area contributed by atoms with Crippen molar-refractivity contribution < 1.29 is 0 Å². The maximum atomic E-state index is 4.67. The predicted octanol–water partition coefficient (Wildman–Crippen LogP) is 11.1. The van der Waals surface area contributed by atoms with Gasteiger partial charge in [0.05, 0.1) is 11.7 Å². The Hall–Kier alpha value is -1.15. The zero-order valence-corrected chi connectivity index (χ0v) is 26.5. The van der Waals surface area contributed by atoms with Crippen LogP contribution in [0.4, 0.5) is 0 Å². The highest BCUT2D eigenvalue weighted by Gasteiger charge is 2.47. The van der Waals surface area contributed by atoms with Crippen LogP contribution < -0.4 is 0 Å². The predicted molar refractivity (Wildman–Crippen MR) is 166 cm³/mol. The van der Waals surface area contributed by atoms with Crippen LogP contribution in [0.5, 0.6) is 0 Å². The maximum Gasteiger partial charge on any atom is 0.138 e. The number of fused-ring (bicyclic) bond motifs is 4. The van der Waals surface area contributed by atoms with Gasteiger partial charge in [-0.1, -0.05) is 79.1 Å². The Balaban J connectivity index is 1.64. The van der Waals surface area contributed by atoms with Gasteiger partial charge in [-0.25, -0.2) is 4.98 Å². The first kappa shape index (κ1) is 27.4. The number of aromatic nitrogens is 3. The molecule has 2 atom stereocenters. The van der Waals surface area contributed by atoms with Gasteiger partial charge in [-0.2, -0.15) is 8.75 Å². The summed E-state index contributed by atoms with van der Waals surface area (Å²) in [4.78, 5) is 8.93. The highest BCUT2D eigenvalue weighted by atomic mass is 79.9. The molecular weight excluding hydrogens is 578 g/mol. The SMILES string of the molecule is CCCCC(CC)CC1(CC(CC)CCCC)c2ccsc2-c2sc(-c3cnc(Br)c4nsnc34)cc21. The summed E-state index contributed by atoms with van der Waals surface area (Å²) >= 11 is 8.73. The van der Waals surface area contributed by atoms with Crippen molar-refractivity contribution in [1.82, 2.24) is 13.7 Å². The summed E-state index contributed by atoms with van der Waals surface area (Å²) in [5.41, 5.74) is 6.27. The fourth-order valence-electron chi connectivity index (χ4n) is 6.37. The minimum atomic E-state index is 0.116. The second-order valence-electron chi connectivity index (χ2n) is 10.8. The van der Waals surface area contributed by atoms with E-state index in [0.717, 1.165) is 33.0 Å². The van der Waals surface area contributed by atoms with E-state index in [9.17, 15) is 0 Å². The van der Waals surface area contributed by atoms with Crippen molar-refractivity contribution in [2.75, 3.05) is 0 Å². The lowest BCUT2D eigenvalue weighted by Gasteiger charge is -2.37. The van der Waals surface area contributed by atoms with Gasteiger partial charge >= 0.3 is 0 Å². The lowest BCUT2D eigenvalue weighted by Crippen LogP contribution is -2.31. The third-order valence-corrected chi connectivity index (χ3v) is 11.9. The van der Waals surface area contributed by atoms with E-state index in [0.29, 0.717) is 0 Å². The molecule has 198 valence electrons. The topological polar surface area (TPSA) is 38.7 Å². The fourth-order valence-corrected chi connectivity index (χ4v) is 9.87. The Morgan fingerprint density at radius 2 is 1.57 bits per heavy atom. The van der Waals surface area contributed by atoms with E-state index < -0.39 is 0 Å². The average molecular weight is 617 g/mol. The van der Waals surface area contributed by atoms with Gasteiger partial charge in [0.1, 0.15) is 15.6 Å². The summed E-state index contributed by atoms with van der Waals surface area (Å²) in [5, 5.41) is 2.34. The summed E-state index contributed by atoms with van der Waals surface area (Å²) in [6, 6.07) is 4.99. The molecule has 0 radical (unpaired) electrons. The highest BCUT2D eigenvalue weighted by Crippen LogP contribution is 2.61. The van der Waals surface area contributed by atoms with E-state index >= 15 is 0 Å². The fraction of sp³-hybridized carbons (Fsp3) is 0.567. The van der Waals surface area contributed by atoms with Gasteiger partial charge in [-0.3, -0.25) is 0 Å². The van der Waals surface area contributed by atoms with Crippen LogP contribution in [-0.4, -0.2) is 13.7 Å². The molecule has 0 saturated carbocycles. The molecule has 2 unspecified atom stereocenters. The van der Waals surface area contributed by atoms with Gasteiger partial charge in [-0.05, 0) is 69.2 Å². The number of halogens is 1. The monoisotopic (exact) mass is 615 g/mol. The van der Waals surface area contributed by atoms with Crippen molar-refractivity contribution in [3.8, 4) is 20.2 Å². The minimum absolute atomic E-state index is 0.116. The molecule has 37 heavy (non-hydrogen) atoms. The van der Waals surface area contributed by atoms with E-state index in [4.69, 9.17) is 0 Å². The molecule has 4 heterocycles. The Bertz CT molecular complexity index is 1320. The molecule has 3 nitrogen and oxygen atoms in total. The number of hydrogen-bond acceptors (Lipinski definition) is 6. The van der Waals surface area contributed by atoms with E-state index in [1.165, 1.54) is 90.6 Å². The molecule has 0 saturated heterocycles. The molecule has 1 aliphatic rings. The second-order valence-corrected chi connectivity index (χ2v) is 14.0. The first-order valence-electron chi connectivity index (χ1n) is 14.1. The summed E-state index contributed by atoms with van der Waals surface area (Å²) in [5.74, 6) is 1.52. The smallest absolute Gasteiger partial charge is 0.138 e. The molecular formula is C30H38BrN3S3. The van der Waals surface area contributed by atoms with E-state index in [1.807, 2.05) is 28.9 Å². The Morgan fingerprint density at radius 3 is 2.22 bits per heavy atom. The van der Waals surface area contributed by atoms with Gasteiger partial charge in [-0.15, -0.1) is 22.7 Å². The molecule has 7 heteroatoms. The zero-order chi connectivity index (χ0) is 26.0. The van der Waals surface area contributed by atoms with Crippen LogP contribution in [0.15, 0.2) is 28.3 Å². The number of pyridine rings is 1. The number of rotatable bonds is 13. The van der Waals surface area contributed by atoms with Crippen LogP contribution >= 0.6 is 50.3 Å². The van der Waals surface area contributed by atoms with E-state index in [-0.39, 0.29) is 5.41 Å². The van der Waals surface area contributed by atoms with Gasteiger partial charge in [0.25, 0.3) is 0 Å². The Morgan fingerprint density at radius 1 is 0.892 bits per heavy atom. The Labute approximate surface area is 242 Å². The molecule has 1 aliphatic carbocycles. The largest absolute Gasteiger partial charge is 0.246 e. The zero-order valence-electron chi connectivity index (χ0n) is 22.5. The summed E-state index contributed by atoms with van der Waals surface area (Å²) in [6.07, 6.45) is 15.0. The third-order valence-electron chi connectivity index (χ3n) is 8.51. The molecule has 4 aromatic heterocycles. The normalized spacial score (nSPS) is 18.3. The quantitative estimate of drug-likeness (QED) is 0.140. The summed E-state index contributed by atoms with van der Waals surface area (Å²) < 4.78 is 9.96. The van der Waals surface area contributed by atoms with Crippen LogP contribution in [0.3, 0.4) is 0 Å². The van der Waals surface area contributed by atoms with E-state index in [2.05, 4.69) is 74.9 Å². The van der Waals surface area contributed by atoms with Gasteiger partial charge < -0.3 is 0 Å². The van der Waals surface area contributed by atoms with Crippen molar-refractivity contribution in [1.29, 1.82) is 0 Å². The molecule has 4 aromatic rings. The molecule has 0 amide bonds. The third kappa shape index (κ3) is 5.10. The molecule has 0 N–H and O–H groups in total. The van der Waals surface area contributed by atoms with Crippen LogP contribution in [-0.2, 0) is 5.41 Å². The number of unbranched alkanes of at least 4 members (excludes halogenated alkanes) is 2. The lowest BCUT2D eigenvalue weighted by atomic mass is 9.65. The number of hydrogen-bond donors (Lipinski definition) is 0. The standard InChI is InChI=1S/C30H38BrN3S3/c1-5-9-11-19(7-3)16-30(17-20(8-4)12-10-6-2)22-13-14-35-27(22)28-23(30)15-24(36-28)21-18-32-29(31)26-25(21)33-37-34-26/h13-15,18-20H,5-12,16-17H2,1-4H3. The van der Waals surface area contributed by atoms with Crippen molar-refractivity contribution in [3.63, 3.8) is 0 Å². The average Bonchev–Trinajstić information content (AvgIpc) is 3.69. The van der Waals surface area contributed by atoms with Crippen molar-refractivity contribution in [2.45, 2.75) is 97.3 Å². The van der Waals surface area contributed by atoms with Gasteiger partial charge in [0, 0.05) is 31.8 Å². The van der Waals surface area contributed by atoms with Crippen LogP contribution in [0.25, 0.3) is 31.2 Å². The van der Waals surface area contributed by atoms with Crippen LogP contribution in [0.2, 0.25) is 0 Å². The van der Waals surface area contributed by atoms with Crippen LogP contribution in [0.1, 0.15) is 103 Å². The second kappa shape index (κ2) is 11.9. The van der Waals surface area contributed by atoms with Crippen molar-refractivity contribution in [2.24, 2.45) is 11.8 Å². The highest BCUT2D eigenvalue weighted by molar-refractivity contribution is 9.10. The molecule has 0 fully saturated rings. The molecule has 0 spiro atoms. The molecule has 5 rings (SSSR count). The molecule has 0 bridgehead atoms. The van der Waals surface area contributed by atoms with Gasteiger partial charge in [0.15, 0.2) is 0 Å². The number of nitrogens with zero attached hydrogens (tertiary/aromatic N) is 3. The molecule has 0 aliphatic heterocycles. The maximum absolute atomic E-state index is 4.67. The lowest BCUT2D eigenvalue weighted by molar-refractivity contribution is 0.266. The Kier molecular flexibility index (Phi) is 8.84. The van der Waals surface area contributed by atoms with E-state index in [1.54, 1.807) is 11.1 Å². The van der Waals surface area contributed by atoms with Crippen molar-refractivity contribution in [3.05, 3.63) is 39.4 Å². The minimum Gasteiger partial charge on any atom is -0.246 e. The first-order valence-corrected chi connectivity index (χ1v) is 17.3.